The summed E-state index contributed by atoms with van der Waals surface area (Å²) in [4.78, 5) is 4.30. The molecule has 10 heteroatoms. The molecular formula is C15H12F2N6OS. The Hall–Kier alpha value is -2.75. The maximum Gasteiger partial charge on any atom is 0.320 e. The van der Waals surface area contributed by atoms with E-state index in [1.807, 2.05) is 6.07 Å². The molecule has 0 saturated heterocycles. The van der Waals surface area contributed by atoms with Crippen LogP contribution in [0.5, 0.6) is 0 Å². The monoisotopic (exact) mass is 362 g/mol. The molecular weight excluding hydrogens is 350 g/mol. The number of hydrogen-bond acceptors (Lipinski definition) is 6. The van der Waals surface area contributed by atoms with Crippen LogP contribution in [-0.2, 0) is 12.3 Å². The van der Waals surface area contributed by atoms with Crippen LogP contribution in [0.25, 0.3) is 11.0 Å². The molecule has 0 amide bonds. The van der Waals surface area contributed by atoms with Crippen LogP contribution < -0.4 is 0 Å². The third kappa shape index (κ3) is 3.12. The zero-order chi connectivity index (χ0) is 17.2. The standard InChI is InChI=1S/C15H12F2N6OS/c16-14(17)23-12-6-2-1-5-11(12)18-13(23)9-25-15-19-20-21-22(15)8-10-4-3-7-24-10/h1-7,14H,8-9H2. The number of tetrazole rings is 1. The van der Waals surface area contributed by atoms with Crippen molar-refractivity contribution in [2.24, 2.45) is 0 Å². The lowest BCUT2D eigenvalue weighted by Crippen LogP contribution is -2.05. The average Bonchev–Trinajstić information content (AvgIpc) is 3.32. The van der Waals surface area contributed by atoms with E-state index in [4.69, 9.17) is 4.42 Å². The van der Waals surface area contributed by atoms with Crippen LogP contribution in [0.3, 0.4) is 0 Å². The maximum absolute atomic E-state index is 13.4. The van der Waals surface area contributed by atoms with Crippen molar-refractivity contribution >= 4 is 22.8 Å². The predicted molar refractivity (Wildman–Crippen MR) is 86.2 cm³/mol. The summed E-state index contributed by atoms with van der Waals surface area (Å²) in [5.74, 6) is 1.19. The quantitative estimate of drug-likeness (QED) is 0.490. The lowest BCUT2D eigenvalue weighted by atomic mass is 10.3. The number of thioether (sulfide) groups is 1. The van der Waals surface area contributed by atoms with Gasteiger partial charge in [-0.1, -0.05) is 23.9 Å². The van der Waals surface area contributed by atoms with Crippen LogP contribution in [-0.4, -0.2) is 29.8 Å². The van der Waals surface area contributed by atoms with Gasteiger partial charge < -0.3 is 4.42 Å². The van der Waals surface area contributed by atoms with Gasteiger partial charge in [-0.25, -0.2) is 9.67 Å². The highest BCUT2D eigenvalue weighted by atomic mass is 32.2. The van der Waals surface area contributed by atoms with Crippen molar-refractivity contribution < 1.29 is 13.2 Å². The number of imidazole rings is 1. The molecule has 0 saturated carbocycles. The summed E-state index contributed by atoms with van der Waals surface area (Å²) < 4.78 is 34.6. The minimum atomic E-state index is -2.66. The van der Waals surface area contributed by atoms with Crippen LogP contribution in [0.15, 0.2) is 52.2 Å². The Morgan fingerprint density at radius 2 is 2.04 bits per heavy atom. The normalized spacial score (nSPS) is 11.6. The Bertz CT molecular complexity index is 981. The van der Waals surface area contributed by atoms with Gasteiger partial charge in [-0.3, -0.25) is 4.57 Å². The zero-order valence-corrected chi connectivity index (χ0v) is 13.6. The van der Waals surface area contributed by atoms with Crippen molar-refractivity contribution in [2.75, 3.05) is 0 Å². The number of nitrogens with zero attached hydrogens (tertiary/aromatic N) is 6. The van der Waals surface area contributed by atoms with Crippen LogP contribution in [0.4, 0.5) is 8.78 Å². The van der Waals surface area contributed by atoms with Crippen molar-refractivity contribution in [3.05, 3.63) is 54.2 Å². The van der Waals surface area contributed by atoms with Gasteiger partial charge >= 0.3 is 6.55 Å². The van der Waals surface area contributed by atoms with Gasteiger partial charge in [0.2, 0.25) is 5.16 Å². The van der Waals surface area contributed by atoms with Crippen LogP contribution in [0.2, 0.25) is 0 Å². The van der Waals surface area contributed by atoms with E-state index < -0.39 is 6.55 Å². The fraction of sp³-hybridized carbons (Fsp3) is 0.200. The Labute approximate surface area is 144 Å². The number of benzene rings is 1. The van der Waals surface area contributed by atoms with Gasteiger partial charge in [0.1, 0.15) is 18.1 Å². The molecule has 0 radical (unpaired) electrons. The summed E-state index contributed by atoms with van der Waals surface area (Å²) >= 11 is 1.24. The van der Waals surface area contributed by atoms with Gasteiger partial charge in [-0.15, -0.1) is 5.10 Å². The van der Waals surface area contributed by atoms with E-state index in [1.165, 1.54) is 11.8 Å². The predicted octanol–water partition coefficient (Wildman–Crippen LogP) is 3.35. The van der Waals surface area contributed by atoms with E-state index in [0.29, 0.717) is 28.5 Å². The molecule has 0 N–H and O–H groups in total. The molecule has 0 atom stereocenters. The van der Waals surface area contributed by atoms with E-state index in [-0.39, 0.29) is 11.6 Å². The molecule has 0 fully saturated rings. The first-order chi connectivity index (χ1) is 12.2. The number of alkyl halides is 2. The second kappa shape index (κ2) is 6.63. The highest BCUT2D eigenvalue weighted by Gasteiger charge is 2.18. The van der Waals surface area contributed by atoms with E-state index in [2.05, 4.69) is 20.5 Å². The summed E-state index contributed by atoms with van der Waals surface area (Å²) in [6.45, 7) is -2.30. The van der Waals surface area contributed by atoms with E-state index in [9.17, 15) is 8.78 Å². The molecule has 1 aromatic carbocycles. The van der Waals surface area contributed by atoms with Crippen LogP contribution in [0.1, 0.15) is 18.1 Å². The summed E-state index contributed by atoms with van der Waals surface area (Å²) in [7, 11) is 0. The minimum absolute atomic E-state index is 0.220. The van der Waals surface area contributed by atoms with Crippen molar-refractivity contribution in [1.82, 2.24) is 29.8 Å². The summed E-state index contributed by atoms with van der Waals surface area (Å²) in [5, 5.41) is 12.0. The molecule has 7 nitrogen and oxygen atoms in total. The number of rotatable bonds is 6. The van der Waals surface area contributed by atoms with Gasteiger partial charge in [-0.2, -0.15) is 8.78 Å². The Morgan fingerprint density at radius 3 is 2.84 bits per heavy atom. The first kappa shape index (κ1) is 15.8. The molecule has 3 heterocycles. The van der Waals surface area contributed by atoms with Gasteiger partial charge in [-0.05, 0) is 34.7 Å². The number of aromatic nitrogens is 6. The number of halogens is 2. The molecule has 4 rings (SSSR count). The highest BCUT2D eigenvalue weighted by Crippen LogP contribution is 2.27. The lowest BCUT2D eigenvalue weighted by Gasteiger charge is -2.07. The van der Waals surface area contributed by atoms with Crippen LogP contribution in [0, 0.1) is 0 Å². The van der Waals surface area contributed by atoms with Gasteiger partial charge in [0.15, 0.2) is 0 Å². The van der Waals surface area contributed by atoms with E-state index in [0.717, 1.165) is 4.57 Å². The van der Waals surface area contributed by atoms with Gasteiger partial charge in [0.25, 0.3) is 0 Å². The molecule has 0 bridgehead atoms. The average molecular weight is 362 g/mol. The molecule has 3 aromatic heterocycles. The number of furan rings is 1. The zero-order valence-electron chi connectivity index (χ0n) is 12.8. The number of para-hydroxylation sites is 2. The molecule has 0 aliphatic heterocycles. The van der Waals surface area contributed by atoms with Crippen molar-refractivity contribution in [1.29, 1.82) is 0 Å². The number of fused-ring (bicyclic) bond motifs is 1. The number of hydrogen-bond donors (Lipinski definition) is 0. The molecule has 25 heavy (non-hydrogen) atoms. The summed E-state index contributed by atoms with van der Waals surface area (Å²) in [5.41, 5.74) is 0.942. The third-order valence-electron chi connectivity index (χ3n) is 3.58. The van der Waals surface area contributed by atoms with E-state index in [1.54, 1.807) is 41.3 Å². The van der Waals surface area contributed by atoms with Gasteiger partial charge in [0, 0.05) is 0 Å². The van der Waals surface area contributed by atoms with Gasteiger partial charge in [0.05, 0.1) is 23.0 Å². The smallest absolute Gasteiger partial charge is 0.320 e. The molecule has 0 aliphatic carbocycles. The molecule has 0 aliphatic rings. The Morgan fingerprint density at radius 1 is 1.16 bits per heavy atom. The molecule has 128 valence electrons. The van der Waals surface area contributed by atoms with Crippen LogP contribution >= 0.6 is 11.8 Å². The highest BCUT2D eigenvalue weighted by molar-refractivity contribution is 7.98. The molecule has 0 unspecified atom stereocenters. The lowest BCUT2D eigenvalue weighted by molar-refractivity contribution is 0.0722. The Kier molecular flexibility index (Phi) is 4.18. The fourth-order valence-electron chi connectivity index (χ4n) is 2.49. The minimum Gasteiger partial charge on any atom is -0.467 e. The largest absolute Gasteiger partial charge is 0.467 e. The molecule has 0 spiro atoms. The maximum atomic E-state index is 13.4. The topological polar surface area (TPSA) is 74.6 Å². The second-order valence-electron chi connectivity index (χ2n) is 5.15. The van der Waals surface area contributed by atoms with Crippen molar-refractivity contribution in [3.8, 4) is 0 Å². The second-order valence-corrected chi connectivity index (χ2v) is 6.09. The molecule has 4 aromatic rings. The SMILES string of the molecule is FC(F)n1c(CSc2nnnn2Cc2ccco2)nc2ccccc21. The van der Waals surface area contributed by atoms with E-state index >= 15 is 0 Å². The third-order valence-corrected chi connectivity index (χ3v) is 4.53. The first-order valence-corrected chi connectivity index (χ1v) is 8.36. The van der Waals surface area contributed by atoms with Crippen molar-refractivity contribution in [2.45, 2.75) is 24.0 Å². The summed E-state index contributed by atoms with van der Waals surface area (Å²) in [6.07, 6.45) is 1.57. The first-order valence-electron chi connectivity index (χ1n) is 7.37. The Balaban J connectivity index is 1.57. The fourth-order valence-corrected chi connectivity index (χ4v) is 3.30. The van der Waals surface area contributed by atoms with Crippen molar-refractivity contribution in [3.63, 3.8) is 0 Å². The summed E-state index contributed by atoms with van der Waals surface area (Å²) in [6, 6.07) is 10.4.